The Labute approximate surface area is 206 Å². The molecule has 0 bridgehead atoms. The number of nitrogens with one attached hydrogen (secondary N) is 2. The van der Waals surface area contributed by atoms with Gasteiger partial charge in [0, 0.05) is 30.0 Å². The lowest BCUT2D eigenvalue weighted by Crippen LogP contribution is -2.41. The van der Waals surface area contributed by atoms with Crippen molar-refractivity contribution in [3.8, 4) is 11.1 Å². The Balaban J connectivity index is 1.78. The Morgan fingerprint density at radius 1 is 1.17 bits per heavy atom. The van der Waals surface area contributed by atoms with E-state index in [1.54, 1.807) is 31.2 Å². The van der Waals surface area contributed by atoms with Crippen molar-refractivity contribution in [2.75, 3.05) is 6.61 Å². The van der Waals surface area contributed by atoms with Gasteiger partial charge in [-0.1, -0.05) is 35.9 Å². The number of Topliss-reactive ketones (excluding diaryl/α,β-unsaturated/α-hetero) is 1. The van der Waals surface area contributed by atoms with Gasteiger partial charge in [-0.3, -0.25) is 14.7 Å². The summed E-state index contributed by atoms with van der Waals surface area (Å²) in [6.07, 6.45) is -1.30. The molecule has 0 unspecified atom stereocenters. The van der Waals surface area contributed by atoms with Crippen LogP contribution < -0.4 is 5.32 Å². The monoisotopic (exact) mass is 501 g/mol. The molecule has 1 amide bonds. The van der Waals surface area contributed by atoms with Crippen LogP contribution in [0.4, 0.5) is 4.39 Å². The lowest BCUT2D eigenvalue weighted by Gasteiger charge is -2.21. The second-order valence-electron chi connectivity index (χ2n) is 7.92. The highest BCUT2D eigenvalue weighted by atomic mass is 35.5. The van der Waals surface area contributed by atoms with Crippen molar-refractivity contribution in [2.24, 2.45) is 0 Å². The third kappa shape index (κ3) is 6.97. The molecule has 0 aliphatic rings. The molecule has 2 aromatic carbocycles. The second kappa shape index (κ2) is 11.7. The number of carbonyl (C=O) groups excluding carboxylic acids is 3. The molecule has 35 heavy (non-hydrogen) atoms. The molecule has 0 aliphatic carbocycles. The molecule has 0 aliphatic heterocycles. The summed E-state index contributed by atoms with van der Waals surface area (Å²) in [7, 11) is 0. The number of amides is 1. The number of ketones is 1. The van der Waals surface area contributed by atoms with E-state index in [9.17, 15) is 23.9 Å². The van der Waals surface area contributed by atoms with Crippen molar-refractivity contribution in [3.05, 3.63) is 76.3 Å². The van der Waals surface area contributed by atoms with Crippen molar-refractivity contribution in [2.45, 2.75) is 38.8 Å². The fraction of sp³-hybridized carbons (Fsp3) is 0.280. The number of hydrogen-bond acceptors (Lipinski definition) is 6. The van der Waals surface area contributed by atoms with Gasteiger partial charge in [0.15, 0.2) is 11.9 Å². The largest absolute Gasteiger partial charge is 0.464 e. The van der Waals surface area contributed by atoms with Crippen LogP contribution in [-0.2, 0) is 16.0 Å². The number of esters is 1. The van der Waals surface area contributed by atoms with Crippen molar-refractivity contribution < 1.29 is 28.6 Å². The minimum absolute atomic E-state index is 0.0672. The van der Waals surface area contributed by atoms with Crippen LogP contribution in [0.15, 0.2) is 48.5 Å². The number of rotatable bonds is 10. The molecule has 0 spiro atoms. The molecule has 8 nitrogen and oxygen atoms in total. The Kier molecular flexibility index (Phi) is 8.73. The van der Waals surface area contributed by atoms with Crippen LogP contribution in [0.3, 0.4) is 0 Å². The van der Waals surface area contributed by atoms with Crippen LogP contribution in [0, 0.1) is 5.82 Å². The van der Waals surface area contributed by atoms with Gasteiger partial charge in [0.1, 0.15) is 17.2 Å². The van der Waals surface area contributed by atoms with E-state index in [1.165, 1.54) is 31.2 Å². The first-order valence-electron chi connectivity index (χ1n) is 10.9. The number of nitrogens with zero attached hydrogens (tertiary/aromatic N) is 1. The van der Waals surface area contributed by atoms with Gasteiger partial charge in [-0.25, -0.2) is 9.18 Å². The van der Waals surface area contributed by atoms with Gasteiger partial charge in [0.05, 0.1) is 6.61 Å². The fourth-order valence-electron chi connectivity index (χ4n) is 3.50. The maximum absolute atomic E-state index is 14.2. The Bertz CT molecular complexity index is 1210. The predicted molar refractivity (Wildman–Crippen MR) is 128 cm³/mol. The minimum Gasteiger partial charge on any atom is -0.464 e. The van der Waals surface area contributed by atoms with Gasteiger partial charge in [-0.2, -0.15) is 5.10 Å². The number of halogens is 2. The molecule has 184 valence electrons. The van der Waals surface area contributed by atoms with E-state index >= 15 is 0 Å². The van der Waals surface area contributed by atoms with E-state index in [1.807, 2.05) is 0 Å². The normalized spacial score (nSPS) is 12.6. The molecular weight excluding hydrogens is 477 g/mol. The summed E-state index contributed by atoms with van der Waals surface area (Å²) in [5, 5.41) is 19.7. The number of carbonyl (C=O) groups is 3. The van der Waals surface area contributed by atoms with Crippen LogP contribution in [0.2, 0.25) is 5.02 Å². The molecule has 1 aromatic heterocycles. The zero-order valence-corrected chi connectivity index (χ0v) is 19.9. The SMILES string of the molecule is CCOC(=O)[C@H](O)C[C@@H](Cc1ccc(-c2cc(Cl)ccc2F)cc1)NC(=O)c1cc(C(C)=O)n[nH]1. The average molecular weight is 502 g/mol. The summed E-state index contributed by atoms with van der Waals surface area (Å²) < 4.78 is 19.1. The zero-order chi connectivity index (χ0) is 25.5. The van der Waals surface area contributed by atoms with E-state index in [-0.39, 0.29) is 36.6 Å². The zero-order valence-electron chi connectivity index (χ0n) is 19.2. The van der Waals surface area contributed by atoms with Crippen LogP contribution in [0.25, 0.3) is 11.1 Å². The summed E-state index contributed by atoms with van der Waals surface area (Å²) >= 11 is 5.99. The van der Waals surface area contributed by atoms with Crippen LogP contribution in [0.5, 0.6) is 0 Å². The predicted octanol–water partition coefficient (Wildman–Crippen LogP) is 3.73. The summed E-state index contributed by atoms with van der Waals surface area (Å²) in [6, 6.07) is 11.9. The third-order valence-electron chi connectivity index (χ3n) is 5.26. The minimum atomic E-state index is -1.45. The second-order valence-corrected chi connectivity index (χ2v) is 8.36. The van der Waals surface area contributed by atoms with Crippen molar-refractivity contribution in [1.82, 2.24) is 15.5 Å². The fourth-order valence-corrected chi connectivity index (χ4v) is 3.67. The number of benzene rings is 2. The lowest BCUT2D eigenvalue weighted by molar-refractivity contribution is -0.153. The maximum Gasteiger partial charge on any atom is 0.335 e. The summed E-state index contributed by atoms with van der Waals surface area (Å²) in [4.78, 5) is 36.1. The number of H-pyrrole nitrogens is 1. The van der Waals surface area contributed by atoms with Crippen LogP contribution >= 0.6 is 11.6 Å². The van der Waals surface area contributed by atoms with Gasteiger partial charge >= 0.3 is 5.97 Å². The number of ether oxygens (including phenoxy) is 1. The molecule has 3 aromatic rings. The molecule has 1 heterocycles. The molecule has 3 rings (SSSR count). The van der Waals surface area contributed by atoms with Gasteiger partial charge in [-0.05, 0) is 48.7 Å². The Morgan fingerprint density at radius 3 is 2.51 bits per heavy atom. The Hall–Kier alpha value is -3.56. The Morgan fingerprint density at radius 2 is 1.89 bits per heavy atom. The molecule has 10 heteroatoms. The quantitative estimate of drug-likeness (QED) is 0.287. The number of aliphatic hydroxyl groups is 1. The van der Waals surface area contributed by atoms with Crippen molar-refractivity contribution in [1.29, 1.82) is 0 Å². The highest BCUT2D eigenvalue weighted by molar-refractivity contribution is 6.30. The molecule has 0 radical (unpaired) electrons. The van der Waals surface area contributed by atoms with Gasteiger partial charge < -0.3 is 15.2 Å². The molecular formula is C25H25ClFN3O5. The van der Waals surface area contributed by atoms with E-state index in [0.29, 0.717) is 16.1 Å². The van der Waals surface area contributed by atoms with Gasteiger partial charge in [-0.15, -0.1) is 0 Å². The lowest BCUT2D eigenvalue weighted by atomic mass is 9.97. The maximum atomic E-state index is 14.2. The van der Waals surface area contributed by atoms with Crippen LogP contribution in [0.1, 0.15) is 46.8 Å². The van der Waals surface area contributed by atoms with Gasteiger partial charge in [0.25, 0.3) is 5.91 Å². The standard InChI is InChI=1S/C25H25ClFN3O5/c1-3-35-25(34)23(32)12-18(28-24(33)22-13-21(14(2)31)29-30-22)10-15-4-6-16(7-5-15)19-11-17(26)8-9-20(19)27/h4-9,11,13,18,23,32H,3,10,12H2,1-2H3,(H,28,33)(H,29,30)/t18-,23-/m1/s1. The summed E-state index contributed by atoms with van der Waals surface area (Å²) in [6.45, 7) is 3.06. The highest BCUT2D eigenvalue weighted by Crippen LogP contribution is 2.26. The van der Waals surface area contributed by atoms with Gasteiger partial charge in [0.2, 0.25) is 0 Å². The first-order chi connectivity index (χ1) is 16.7. The first-order valence-corrected chi connectivity index (χ1v) is 11.3. The average Bonchev–Trinajstić information content (AvgIpc) is 3.32. The summed E-state index contributed by atoms with van der Waals surface area (Å²) in [5.74, 6) is -2.05. The third-order valence-corrected chi connectivity index (χ3v) is 5.50. The molecule has 2 atom stereocenters. The van der Waals surface area contributed by atoms with E-state index in [0.717, 1.165) is 5.56 Å². The first kappa shape index (κ1) is 26.1. The number of aromatic nitrogens is 2. The smallest absolute Gasteiger partial charge is 0.335 e. The molecule has 3 N–H and O–H groups in total. The van der Waals surface area contributed by atoms with Crippen molar-refractivity contribution in [3.63, 3.8) is 0 Å². The van der Waals surface area contributed by atoms with Crippen LogP contribution in [-0.4, -0.2) is 51.7 Å². The number of aliphatic hydroxyl groups excluding tert-OH is 1. The number of hydrogen-bond donors (Lipinski definition) is 3. The highest BCUT2D eigenvalue weighted by Gasteiger charge is 2.25. The molecule has 0 fully saturated rings. The molecule has 0 saturated heterocycles. The van der Waals surface area contributed by atoms with E-state index in [4.69, 9.17) is 16.3 Å². The van der Waals surface area contributed by atoms with E-state index < -0.39 is 29.8 Å². The molecule has 0 saturated carbocycles. The summed E-state index contributed by atoms with van der Waals surface area (Å²) in [5.41, 5.74) is 1.92. The van der Waals surface area contributed by atoms with Crippen molar-refractivity contribution >= 4 is 29.3 Å². The number of aromatic amines is 1. The topological polar surface area (TPSA) is 121 Å². The van der Waals surface area contributed by atoms with E-state index in [2.05, 4.69) is 15.5 Å².